The van der Waals surface area contributed by atoms with Gasteiger partial charge in [0.2, 0.25) is 0 Å². The van der Waals surface area contributed by atoms with Crippen LogP contribution in [0.1, 0.15) is 24.2 Å². The zero-order valence-corrected chi connectivity index (χ0v) is 11.4. The maximum atomic E-state index is 13.5. The molecule has 106 valence electrons. The Morgan fingerprint density at radius 3 is 2.45 bits per heavy atom. The van der Waals surface area contributed by atoms with Crippen LogP contribution < -0.4 is 10.5 Å². The van der Waals surface area contributed by atoms with E-state index >= 15 is 0 Å². The van der Waals surface area contributed by atoms with Gasteiger partial charge in [0.25, 0.3) is 0 Å². The summed E-state index contributed by atoms with van der Waals surface area (Å²) in [5.74, 6) is -0.323. The van der Waals surface area contributed by atoms with E-state index < -0.39 is 6.10 Å². The molecular weight excluding hydrogens is 260 g/mol. The van der Waals surface area contributed by atoms with Gasteiger partial charge in [0.15, 0.2) is 0 Å². The van der Waals surface area contributed by atoms with Crippen molar-refractivity contribution < 1.29 is 13.5 Å². The van der Waals surface area contributed by atoms with E-state index in [4.69, 9.17) is 10.5 Å². The minimum atomic E-state index is -0.534. The van der Waals surface area contributed by atoms with Crippen molar-refractivity contribution in [2.24, 2.45) is 5.73 Å². The lowest BCUT2D eigenvalue weighted by Crippen LogP contribution is -2.29. The molecule has 2 N–H and O–H groups in total. The standard InChI is InChI=1S/C16H17F2NO/c1-10-6-7-14(9-15(10)18)20-16(11(2)19)12-4-3-5-13(17)8-12/h3-9,11,16H,19H2,1-2H3. The minimum absolute atomic E-state index is 0.342. The molecule has 4 heteroatoms. The van der Waals surface area contributed by atoms with Gasteiger partial charge in [-0.15, -0.1) is 0 Å². The molecule has 0 saturated carbocycles. The maximum Gasteiger partial charge on any atom is 0.139 e. The largest absolute Gasteiger partial charge is 0.484 e. The van der Waals surface area contributed by atoms with Gasteiger partial charge in [0, 0.05) is 12.1 Å². The Morgan fingerprint density at radius 2 is 1.85 bits per heavy atom. The Bertz CT molecular complexity index is 599. The molecule has 0 aliphatic heterocycles. The van der Waals surface area contributed by atoms with E-state index in [1.54, 1.807) is 38.1 Å². The fourth-order valence-corrected chi connectivity index (χ4v) is 1.96. The summed E-state index contributed by atoms with van der Waals surface area (Å²) in [4.78, 5) is 0. The van der Waals surface area contributed by atoms with Crippen molar-refractivity contribution >= 4 is 0 Å². The van der Waals surface area contributed by atoms with Crippen molar-refractivity contribution in [2.45, 2.75) is 26.0 Å². The number of benzene rings is 2. The summed E-state index contributed by atoms with van der Waals surface area (Å²) >= 11 is 0. The van der Waals surface area contributed by atoms with Gasteiger partial charge < -0.3 is 10.5 Å². The summed E-state index contributed by atoms with van der Waals surface area (Å²) in [6.45, 7) is 3.44. The molecule has 0 aromatic heterocycles. The number of rotatable bonds is 4. The van der Waals surface area contributed by atoms with Gasteiger partial charge in [0.1, 0.15) is 23.5 Å². The predicted octanol–water partition coefficient (Wildman–Crippen LogP) is 3.74. The molecule has 0 radical (unpaired) electrons. The summed E-state index contributed by atoms with van der Waals surface area (Å²) < 4.78 is 32.5. The van der Waals surface area contributed by atoms with E-state index in [0.717, 1.165) is 0 Å². The Balaban J connectivity index is 2.28. The zero-order chi connectivity index (χ0) is 14.7. The van der Waals surface area contributed by atoms with Gasteiger partial charge in [-0.25, -0.2) is 8.78 Å². The molecule has 2 atom stereocenters. The van der Waals surface area contributed by atoms with Crippen LogP contribution in [0.3, 0.4) is 0 Å². The third kappa shape index (κ3) is 3.33. The van der Waals surface area contributed by atoms with Gasteiger partial charge in [0.05, 0.1) is 0 Å². The van der Waals surface area contributed by atoms with Crippen molar-refractivity contribution in [3.05, 3.63) is 65.2 Å². The third-order valence-electron chi connectivity index (χ3n) is 3.06. The van der Waals surface area contributed by atoms with Crippen LogP contribution in [0.5, 0.6) is 5.75 Å². The molecule has 2 aromatic rings. The summed E-state index contributed by atoms with van der Waals surface area (Å²) in [7, 11) is 0. The highest BCUT2D eigenvalue weighted by Crippen LogP contribution is 2.26. The number of nitrogens with two attached hydrogens (primary N) is 1. The topological polar surface area (TPSA) is 35.2 Å². The average molecular weight is 277 g/mol. The lowest BCUT2D eigenvalue weighted by Gasteiger charge is -2.23. The quantitative estimate of drug-likeness (QED) is 0.924. The van der Waals surface area contributed by atoms with Crippen LogP contribution in [0, 0.1) is 18.6 Å². The Kier molecular flexibility index (Phi) is 4.35. The van der Waals surface area contributed by atoms with Gasteiger partial charge in [-0.3, -0.25) is 0 Å². The highest BCUT2D eigenvalue weighted by atomic mass is 19.1. The fourth-order valence-electron chi connectivity index (χ4n) is 1.96. The third-order valence-corrected chi connectivity index (χ3v) is 3.06. The van der Waals surface area contributed by atoms with Crippen molar-refractivity contribution in [1.82, 2.24) is 0 Å². The highest BCUT2D eigenvalue weighted by Gasteiger charge is 2.19. The second kappa shape index (κ2) is 6.01. The minimum Gasteiger partial charge on any atom is -0.484 e. The Morgan fingerprint density at radius 1 is 1.10 bits per heavy atom. The second-order valence-electron chi connectivity index (χ2n) is 4.86. The number of ether oxygens (including phenoxy) is 1. The van der Waals surface area contributed by atoms with E-state index in [0.29, 0.717) is 16.9 Å². The van der Waals surface area contributed by atoms with Crippen molar-refractivity contribution in [3.8, 4) is 5.75 Å². The van der Waals surface area contributed by atoms with Gasteiger partial charge in [-0.2, -0.15) is 0 Å². The molecule has 0 spiro atoms. The van der Waals surface area contributed by atoms with Gasteiger partial charge >= 0.3 is 0 Å². The van der Waals surface area contributed by atoms with Gasteiger partial charge in [-0.1, -0.05) is 18.2 Å². The average Bonchev–Trinajstić information content (AvgIpc) is 2.39. The molecule has 0 aliphatic rings. The highest BCUT2D eigenvalue weighted by molar-refractivity contribution is 5.30. The normalized spacial score (nSPS) is 13.8. The first kappa shape index (κ1) is 14.5. The monoisotopic (exact) mass is 277 g/mol. The summed E-state index contributed by atoms with van der Waals surface area (Å²) in [5, 5.41) is 0. The molecule has 20 heavy (non-hydrogen) atoms. The Labute approximate surface area is 117 Å². The van der Waals surface area contributed by atoms with E-state index in [9.17, 15) is 8.78 Å². The van der Waals surface area contributed by atoms with Crippen molar-refractivity contribution in [3.63, 3.8) is 0 Å². The lowest BCUT2D eigenvalue weighted by atomic mass is 10.0. The molecule has 0 aliphatic carbocycles. The molecule has 0 saturated heterocycles. The van der Waals surface area contributed by atoms with Crippen LogP contribution in [0.4, 0.5) is 8.78 Å². The maximum absolute atomic E-state index is 13.5. The molecule has 0 bridgehead atoms. The SMILES string of the molecule is Cc1ccc(OC(c2cccc(F)c2)C(C)N)cc1F. The van der Waals surface area contributed by atoms with E-state index in [1.165, 1.54) is 18.2 Å². The molecule has 2 unspecified atom stereocenters. The van der Waals surface area contributed by atoms with Crippen LogP contribution in [0.15, 0.2) is 42.5 Å². The van der Waals surface area contributed by atoms with E-state index in [2.05, 4.69) is 0 Å². The van der Waals surface area contributed by atoms with Crippen LogP contribution in [-0.2, 0) is 0 Å². The Hall–Kier alpha value is -1.94. The van der Waals surface area contributed by atoms with Crippen LogP contribution in [-0.4, -0.2) is 6.04 Å². The van der Waals surface area contributed by atoms with Crippen LogP contribution >= 0.6 is 0 Å². The molecule has 2 nitrogen and oxygen atoms in total. The molecule has 0 heterocycles. The molecule has 2 rings (SSSR count). The number of halogens is 2. The number of hydrogen-bond acceptors (Lipinski definition) is 2. The summed E-state index contributed by atoms with van der Waals surface area (Å²) in [6, 6.07) is 10.3. The first-order valence-corrected chi connectivity index (χ1v) is 6.41. The summed E-state index contributed by atoms with van der Waals surface area (Å²) in [6.07, 6.45) is -0.534. The summed E-state index contributed by atoms with van der Waals surface area (Å²) in [5.41, 5.74) is 7.06. The zero-order valence-electron chi connectivity index (χ0n) is 11.4. The number of aryl methyl sites for hydroxylation is 1. The second-order valence-corrected chi connectivity index (χ2v) is 4.86. The predicted molar refractivity (Wildman–Crippen MR) is 74.6 cm³/mol. The van der Waals surface area contributed by atoms with Crippen molar-refractivity contribution in [1.29, 1.82) is 0 Å². The fraction of sp³-hybridized carbons (Fsp3) is 0.250. The van der Waals surface area contributed by atoms with Crippen molar-refractivity contribution in [2.75, 3.05) is 0 Å². The van der Waals surface area contributed by atoms with E-state index in [1.807, 2.05) is 0 Å². The number of hydrogen-bond donors (Lipinski definition) is 1. The molecular formula is C16H17F2NO. The molecule has 0 fully saturated rings. The lowest BCUT2D eigenvalue weighted by molar-refractivity contribution is 0.179. The first-order chi connectivity index (χ1) is 9.47. The van der Waals surface area contributed by atoms with Crippen LogP contribution in [0.25, 0.3) is 0 Å². The first-order valence-electron chi connectivity index (χ1n) is 6.41. The van der Waals surface area contributed by atoms with Crippen LogP contribution in [0.2, 0.25) is 0 Å². The molecule has 0 amide bonds. The molecule has 2 aromatic carbocycles. The smallest absolute Gasteiger partial charge is 0.139 e. The van der Waals surface area contributed by atoms with Gasteiger partial charge in [-0.05, 0) is 43.2 Å². The van der Waals surface area contributed by atoms with E-state index in [-0.39, 0.29) is 17.7 Å².